The first-order valence-corrected chi connectivity index (χ1v) is 8.76. The largest absolute Gasteiger partial charge is 0.462 e. The molecule has 0 amide bonds. The van der Waals surface area contributed by atoms with Crippen molar-refractivity contribution >= 4 is 5.97 Å². The standard InChI is InChI=1S/C18H32O3/c1-2-3-4-5-8-11-16(19)12-9-6-7-10-13-17-14-15-18(20)21-17/h8,11,16-17,19H,2-7,9-10,12-15H2,1H3. The predicted molar refractivity (Wildman–Crippen MR) is 86.1 cm³/mol. The van der Waals surface area contributed by atoms with Gasteiger partial charge in [0.15, 0.2) is 0 Å². The highest BCUT2D eigenvalue weighted by molar-refractivity contribution is 5.71. The summed E-state index contributed by atoms with van der Waals surface area (Å²) < 4.78 is 5.19. The summed E-state index contributed by atoms with van der Waals surface area (Å²) in [5, 5.41) is 9.82. The Kier molecular flexibility index (Phi) is 10.2. The first-order chi connectivity index (χ1) is 10.2. The van der Waals surface area contributed by atoms with Crippen LogP contribution in [0, 0.1) is 0 Å². The van der Waals surface area contributed by atoms with Gasteiger partial charge in [-0.1, -0.05) is 51.2 Å². The first-order valence-electron chi connectivity index (χ1n) is 8.76. The van der Waals surface area contributed by atoms with Crippen LogP contribution < -0.4 is 0 Å². The fourth-order valence-electron chi connectivity index (χ4n) is 2.73. The lowest BCUT2D eigenvalue weighted by Crippen LogP contribution is -2.06. The Morgan fingerprint density at radius 2 is 2.05 bits per heavy atom. The van der Waals surface area contributed by atoms with Crippen molar-refractivity contribution in [2.45, 2.75) is 96.2 Å². The molecule has 1 heterocycles. The van der Waals surface area contributed by atoms with Gasteiger partial charge in [0.05, 0.1) is 6.10 Å². The number of hydrogen-bond donors (Lipinski definition) is 1. The summed E-state index contributed by atoms with van der Waals surface area (Å²) in [6, 6.07) is 0. The lowest BCUT2D eigenvalue weighted by molar-refractivity contribution is -0.141. The van der Waals surface area contributed by atoms with Gasteiger partial charge in [0.2, 0.25) is 0 Å². The topological polar surface area (TPSA) is 46.5 Å². The van der Waals surface area contributed by atoms with Gasteiger partial charge >= 0.3 is 5.97 Å². The highest BCUT2D eigenvalue weighted by atomic mass is 16.5. The van der Waals surface area contributed by atoms with E-state index in [1.54, 1.807) is 0 Å². The van der Waals surface area contributed by atoms with Crippen LogP contribution in [-0.2, 0) is 9.53 Å². The number of carbonyl (C=O) groups is 1. The van der Waals surface area contributed by atoms with Crippen molar-refractivity contribution in [2.24, 2.45) is 0 Å². The summed E-state index contributed by atoms with van der Waals surface area (Å²) in [6.07, 6.45) is 16.7. The lowest BCUT2D eigenvalue weighted by Gasteiger charge is -2.09. The van der Waals surface area contributed by atoms with Crippen LogP contribution in [-0.4, -0.2) is 23.3 Å². The Morgan fingerprint density at radius 1 is 1.24 bits per heavy atom. The third-order valence-corrected chi connectivity index (χ3v) is 4.08. The van der Waals surface area contributed by atoms with E-state index in [0.717, 1.165) is 44.9 Å². The van der Waals surface area contributed by atoms with Gasteiger partial charge < -0.3 is 9.84 Å². The molecule has 0 aromatic rings. The van der Waals surface area contributed by atoms with Crippen LogP contribution in [0.4, 0.5) is 0 Å². The second-order valence-corrected chi connectivity index (χ2v) is 6.13. The number of aliphatic hydroxyl groups excluding tert-OH is 1. The molecule has 0 aliphatic carbocycles. The second-order valence-electron chi connectivity index (χ2n) is 6.13. The molecule has 2 unspecified atom stereocenters. The number of hydrogen-bond acceptors (Lipinski definition) is 3. The summed E-state index contributed by atoms with van der Waals surface area (Å²) in [5.41, 5.74) is 0. The molecule has 1 N–H and O–H groups in total. The number of esters is 1. The van der Waals surface area contributed by atoms with Crippen LogP contribution in [0.5, 0.6) is 0 Å². The molecule has 0 spiro atoms. The van der Waals surface area contributed by atoms with Gasteiger partial charge in [-0.25, -0.2) is 0 Å². The van der Waals surface area contributed by atoms with Crippen LogP contribution in [0.2, 0.25) is 0 Å². The molecular formula is C18H32O3. The molecule has 3 heteroatoms. The number of ether oxygens (including phenoxy) is 1. The number of aliphatic hydroxyl groups is 1. The second kappa shape index (κ2) is 11.8. The Hall–Kier alpha value is -0.830. The van der Waals surface area contributed by atoms with E-state index in [9.17, 15) is 9.90 Å². The average Bonchev–Trinajstić information content (AvgIpc) is 2.88. The fourth-order valence-corrected chi connectivity index (χ4v) is 2.73. The number of unbranched alkanes of at least 4 members (excludes halogenated alkanes) is 6. The maximum absolute atomic E-state index is 11.0. The fraction of sp³-hybridized carbons (Fsp3) is 0.833. The minimum Gasteiger partial charge on any atom is -0.462 e. The van der Waals surface area contributed by atoms with E-state index in [4.69, 9.17) is 4.74 Å². The monoisotopic (exact) mass is 296 g/mol. The molecule has 0 bridgehead atoms. The van der Waals surface area contributed by atoms with Gasteiger partial charge in [0.25, 0.3) is 0 Å². The number of carbonyl (C=O) groups excluding carboxylic acids is 1. The molecule has 1 saturated heterocycles. The zero-order chi connectivity index (χ0) is 15.3. The Bertz CT molecular complexity index is 299. The van der Waals surface area contributed by atoms with Gasteiger partial charge in [-0.2, -0.15) is 0 Å². The highest BCUT2D eigenvalue weighted by Gasteiger charge is 2.22. The van der Waals surface area contributed by atoms with E-state index < -0.39 is 0 Å². The zero-order valence-corrected chi connectivity index (χ0v) is 13.6. The average molecular weight is 296 g/mol. The Labute approximate surface area is 129 Å². The third-order valence-electron chi connectivity index (χ3n) is 4.08. The Balaban J connectivity index is 1.87. The SMILES string of the molecule is CCCCCC=CC(O)CCCCCCC1CCC(=O)O1. The normalized spacial score (nSPS) is 20.1. The molecule has 1 aliphatic rings. The molecule has 1 aliphatic heterocycles. The summed E-state index contributed by atoms with van der Waals surface area (Å²) in [4.78, 5) is 11.0. The maximum atomic E-state index is 11.0. The molecule has 21 heavy (non-hydrogen) atoms. The molecule has 0 aromatic heterocycles. The van der Waals surface area contributed by atoms with Crippen molar-refractivity contribution in [3.63, 3.8) is 0 Å². The molecule has 0 radical (unpaired) electrons. The molecular weight excluding hydrogens is 264 g/mol. The molecule has 3 nitrogen and oxygen atoms in total. The highest BCUT2D eigenvalue weighted by Crippen LogP contribution is 2.20. The minimum absolute atomic E-state index is 0.0335. The van der Waals surface area contributed by atoms with Crippen molar-refractivity contribution in [3.8, 4) is 0 Å². The van der Waals surface area contributed by atoms with Gasteiger partial charge in [-0.15, -0.1) is 0 Å². The van der Waals surface area contributed by atoms with Crippen molar-refractivity contribution < 1.29 is 14.6 Å². The first kappa shape index (κ1) is 18.2. The lowest BCUT2D eigenvalue weighted by atomic mass is 10.0. The van der Waals surface area contributed by atoms with Crippen LogP contribution >= 0.6 is 0 Å². The Morgan fingerprint density at radius 3 is 2.76 bits per heavy atom. The van der Waals surface area contributed by atoms with E-state index in [-0.39, 0.29) is 18.2 Å². The minimum atomic E-state index is -0.276. The summed E-state index contributed by atoms with van der Waals surface area (Å²) in [6.45, 7) is 2.20. The maximum Gasteiger partial charge on any atom is 0.306 e. The van der Waals surface area contributed by atoms with Crippen LogP contribution in [0.1, 0.15) is 84.0 Å². The van der Waals surface area contributed by atoms with Gasteiger partial charge in [0.1, 0.15) is 6.10 Å². The van der Waals surface area contributed by atoms with Crippen molar-refractivity contribution in [3.05, 3.63) is 12.2 Å². The molecule has 0 aromatic carbocycles. The van der Waals surface area contributed by atoms with E-state index >= 15 is 0 Å². The summed E-state index contributed by atoms with van der Waals surface area (Å²) >= 11 is 0. The molecule has 1 rings (SSSR count). The van der Waals surface area contributed by atoms with Crippen molar-refractivity contribution in [1.82, 2.24) is 0 Å². The predicted octanol–water partition coefficient (Wildman–Crippen LogP) is 4.53. The molecule has 2 atom stereocenters. The summed E-state index contributed by atoms with van der Waals surface area (Å²) in [5.74, 6) is -0.0335. The van der Waals surface area contributed by atoms with E-state index in [0.29, 0.717) is 6.42 Å². The molecule has 122 valence electrons. The van der Waals surface area contributed by atoms with Crippen LogP contribution in [0.25, 0.3) is 0 Å². The van der Waals surface area contributed by atoms with E-state index in [1.807, 2.05) is 6.08 Å². The van der Waals surface area contributed by atoms with Gasteiger partial charge in [-0.05, 0) is 38.5 Å². The van der Waals surface area contributed by atoms with Crippen LogP contribution in [0.3, 0.4) is 0 Å². The quantitative estimate of drug-likeness (QED) is 0.327. The van der Waals surface area contributed by atoms with E-state index in [2.05, 4.69) is 13.0 Å². The third kappa shape index (κ3) is 9.67. The molecule has 1 fully saturated rings. The van der Waals surface area contributed by atoms with Gasteiger partial charge in [-0.3, -0.25) is 4.79 Å². The van der Waals surface area contributed by atoms with E-state index in [1.165, 1.54) is 25.7 Å². The number of rotatable bonds is 12. The van der Waals surface area contributed by atoms with Crippen LogP contribution in [0.15, 0.2) is 12.2 Å². The van der Waals surface area contributed by atoms with Crippen molar-refractivity contribution in [2.75, 3.05) is 0 Å². The number of allylic oxidation sites excluding steroid dienone is 1. The number of cyclic esters (lactones) is 1. The summed E-state index contributed by atoms with van der Waals surface area (Å²) in [7, 11) is 0. The smallest absolute Gasteiger partial charge is 0.306 e. The zero-order valence-electron chi connectivity index (χ0n) is 13.6. The molecule has 0 saturated carbocycles. The van der Waals surface area contributed by atoms with Gasteiger partial charge in [0, 0.05) is 6.42 Å². The van der Waals surface area contributed by atoms with Crippen molar-refractivity contribution in [1.29, 1.82) is 0 Å².